The van der Waals surface area contributed by atoms with Gasteiger partial charge in [-0.3, -0.25) is 4.79 Å². The van der Waals surface area contributed by atoms with Gasteiger partial charge in [0.2, 0.25) is 0 Å². The van der Waals surface area contributed by atoms with Crippen LogP contribution in [-0.4, -0.2) is 40.2 Å². The van der Waals surface area contributed by atoms with Gasteiger partial charge in [0.1, 0.15) is 11.9 Å². The van der Waals surface area contributed by atoms with Crippen LogP contribution < -0.4 is 5.32 Å². The van der Waals surface area contributed by atoms with E-state index in [2.05, 4.69) is 4.98 Å². The molecule has 16 heavy (non-hydrogen) atoms. The fourth-order valence-electron chi connectivity index (χ4n) is 0.942. The molecule has 1 aromatic rings. The van der Waals surface area contributed by atoms with Gasteiger partial charge in [-0.05, 0) is 12.1 Å². The lowest BCUT2D eigenvalue weighted by Gasteiger charge is -2.10. The summed E-state index contributed by atoms with van der Waals surface area (Å²) in [6.45, 7) is -0.605. The topological polar surface area (TPSA) is 82.5 Å². The van der Waals surface area contributed by atoms with Gasteiger partial charge < -0.3 is 15.5 Å². The van der Waals surface area contributed by atoms with Crippen molar-refractivity contribution in [3.63, 3.8) is 0 Å². The van der Waals surface area contributed by atoms with Crippen LogP contribution in [0.15, 0.2) is 18.3 Å². The number of hydrogen-bond acceptors (Lipinski definition) is 4. The molecule has 0 radical (unpaired) electrons. The molecule has 0 aliphatic rings. The summed E-state index contributed by atoms with van der Waals surface area (Å²) in [4.78, 5) is 14.9. The van der Waals surface area contributed by atoms with Crippen molar-refractivity contribution in [2.75, 3.05) is 6.54 Å². The van der Waals surface area contributed by atoms with Gasteiger partial charge in [-0.25, -0.2) is 13.8 Å². The number of pyridine rings is 1. The first-order valence-corrected chi connectivity index (χ1v) is 4.40. The number of aromatic hydroxyl groups is 1. The van der Waals surface area contributed by atoms with Crippen molar-refractivity contribution in [3.05, 3.63) is 24.0 Å². The van der Waals surface area contributed by atoms with E-state index in [0.717, 1.165) is 0 Å². The van der Waals surface area contributed by atoms with Crippen LogP contribution in [0.3, 0.4) is 0 Å². The van der Waals surface area contributed by atoms with E-state index in [1.165, 1.54) is 18.3 Å². The number of aliphatic hydroxyl groups excluding tert-OH is 1. The molecule has 88 valence electrons. The van der Waals surface area contributed by atoms with Crippen molar-refractivity contribution in [2.24, 2.45) is 0 Å². The standard InChI is InChI=1S/C9H10F2N2O3/c10-8(11)6(15)4-13-9(16)7-5(14)2-1-3-12-7/h1-3,6,8,14-15H,4H2,(H,13,16). The fourth-order valence-corrected chi connectivity index (χ4v) is 0.942. The van der Waals surface area contributed by atoms with Crippen molar-refractivity contribution in [1.82, 2.24) is 10.3 Å². The molecule has 1 rings (SSSR count). The van der Waals surface area contributed by atoms with Crippen molar-refractivity contribution in [1.29, 1.82) is 0 Å². The van der Waals surface area contributed by atoms with Gasteiger partial charge in [-0.2, -0.15) is 0 Å². The molecular weight excluding hydrogens is 222 g/mol. The quantitative estimate of drug-likeness (QED) is 0.689. The molecule has 1 heterocycles. The number of aliphatic hydroxyl groups is 1. The Kier molecular flexibility index (Phi) is 4.12. The molecule has 3 N–H and O–H groups in total. The van der Waals surface area contributed by atoms with Gasteiger partial charge in [-0.1, -0.05) is 0 Å². The molecule has 0 bridgehead atoms. The maximum absolute atomic E-state index is 11.9. The minimum absolute atomic E-state index is 0.274. The summed E-state index contributed by atoms with van der Waals surface area (Å²) in [6, 6.07) is 2.66. The van der Waals surface area contributed by atoms with Crippen molar-refractivity contribution in [2.45, 2.75) is 12.5 Å². The fraction of sp³-hybridized carbons (Fsp3) is 0.333. The number of amides is 1. The molecule has 0 aromatic carbocycles. The Labute approximate surface area is 89.7 Å². The second-order valence-electron chi connectivity index (χ2n) is 2.98. The Balaban J connectivity index is 2.57. The van der Waals surface area contributed by atoms with E-state index in [1.807, 2.05) is 5.32 Å². The first-order valence-electron chi connectivity index (χ1n) is 4.40. The van der Waals surface area contributed by atoms with E-state index >= 15 is 0 Å². The van der Waals surface area contributed by atoms with Gasteiger partial charge in [0, 0.05) is 12.7 Å². The maximum atomic E-state index is 11.9. The van der Waals surface area contributed by atoms with Crippen LogP contribution in [-0.2, 0) is 0 Å². The molecule has 1 unspecified atom stereocenters. The third kappa shape index (κ3) is 3.13. The summed E-state index contributed by atoms with van der Waals surface area (Å²) >= 11 is 0. The molecule has 0 aliphatic carbocycles. The van der Waals surface area contributed by atoms with Crippen LogP contribution in [0.25, 0.3) is 0 Å². The predicted molar refractivity (Wildman–Crippen MR) is 50.2 cm³/mol. The zero-order valence-corrected chi connectivity index (χ0v) is 8.10. The van der Waals surface area contributed by atoms with E-state index < -0.39 is 25.0 Å². The minimum atomic E-state index is -2.93. The van der Waals surface area contributed by atoms with Crippen LogP contribution >= 0.6 is 0 Å². The van der Waals surface area contributed by atoms with Crippen LogP contribution in [0, 0.1) is 0 Å². The van der Waals surface area contributed by atoms with E-state index in [9.17, 15) is 18.7 Å². The van der Waals surface area contributed by atoms with Crippen LogP contribution in [0.1, 0.15) is 10.5 Å². The summed E-state index contributed by atoms with van der Waals surface area (Å²) in [7, 11) is 0. The SMILES string of the molecule is O=C(NCC(O)C(F)F)c1ncccc1O. The normalized spacial score (nSPS) is 12.5. The zero-order valence-electron chi connectivity index (χ0n) is 8.10. The third-order valence-corrected chi connectivity index (χ3v) is 1.76. The molecule has 0 aliphatic heterocycles. The molecule has 7 heteroatoms. The number of carbonyl (C=O) groups excluding carboxylic acids is 1. The number of carbonyl (C=O) groups is 1. The van der Waals surface area contributed by atoms with Gasteiger partial charge in [0.15, 0.2) is 5.69 Å². The number of halogens is 2. The van der Waals surface area contributed by atoms with E-state index in [4.69, 9.17) is 5.11 Å². The van der Waals surface area contributed by atoms with E-state index in [1.54, 1.807) is 0 Å². The molecule has 1 aromatic heterocycles. The molecule has 0 saturated heterocycles. The lowest BCUT2D eigenvalue weighted by Crippen LogP contribution is -2.36. The highest BCUT2D eigenvalue weighted by Gasteiger charge is 2.19. The average Bonchev–Trinajstić information content (AvgIpc) is 2.25. The highest BCUT2D eigenvalue weighted by molar-refractivity contribution is 5.94. The smallest absolute Gasteiger partial charge is 0.273 e. The number of aromatic nitrogens is 1. The van der Waals surface area contributed by atoms with Crippen LogP contribution in [0.2, 0.25) is 0 Å². The van der Waals surface area contributed by atoms with Gasteiger partial charge in [0.25, 0.3) is 12.3 Å². The summed E-state index contributed by atoms with van der Waals surface area (Å²) in [5, 5.41) is 20.0. The molecule has 0 saturated carbocycles. The number of nitrogens with zero attached hydrogens (tertiary/aromatic N) is 1. The number of nitrogens with one attached hydrogen (secondary N) is 1. The number of alkyl halides is 2. The summed E-state index contributed by atoms with van der Waals surface area (Å²) in [5.74, 6) is -1.18. The van der Waals surface area contributed by atoms with Crippen molar-refractivity contribution in [3.8, 4) is 5.75 Å². The second kappa shape index (κ2) is 5.36. The monoisotopic (exact) mass is 232 g/mol. The Bertz CT molecular complexity index is 374. The second-order valence-corrected chi connectivity index (χ2v) is 2.98. The first-order chi connectivity index (χ1) is 7.52. The number of rotatable bonds is 4. The van der Waals surface area contributed by atoms with E-state index in [0.29, 0.717) is 0 Å². The molecule has 0 fully saturated rings. The largest absolute Gasteiger partial charge is 0.505 e. The highest BCUT2D eigenvalue weighted by atomic mass is 19.3. The molecular formula is C9H10F2N2O3. The third-order valence-electron chi connectivity index (χ3n) is 1.76. The van der Waals surface area contributed by atoms with Gasteiger partial charge in [0.05, 0.1) is 0 Å². The lowest BCUT2D eigenvalue weighted by atomic mass is 10.3. The highest BCUT2D eigenvalue weighted by Crippen LogP contribution is 2.11. The molecule has 0 spiro atoms. The number of hydrogen-bond donors (Lipinski definition) is 3. The van der Waals surface area contributed by atoms with Crippen molar-refractivity contribution < 1.29 is 23.8 Å². The molecule has 1 atom stereocenters. The predicted octanol–water partition coefficient (Wildman–Crippen LogP) is 0.143. The molecule has 5 nitrogen and oxygen atoms in total. The zero-order chi connectivity index (χ0) is 12.1. The lowest BCUT2D eigenvalue weighted by molar-refractivity contribution is -0.00273. The Morgan fingerprint density at radius 1 is 1.56 bits per heavy atom. The van der Waals surface area contributed by atoms with Crippen molar-refractivity contribution >= 4 is 5.91 Å². The van der Waals surface area contributed by atoms with Gasteiger partial charge in [-0.15, -0.1) is 0 Å². The summed E-state index contributed by atoms with van der Waals surface area (Å²) in [6.07, 6.45) is -3.59. The average molecular weight is 232 g/mol. The minimum Gasteiger partial charge on any atom is -0.505 e. The maximum Gasteiger partial charge on any atom is 0.273 e. The Morgan fingerprint density at radius 2 is 2.25 bits per heavy atom. The van der Waals surface area contributed by atoms with Crippen LogP contribution in [0.5, 0.6) is 5.75 Å². The summed E-state index contributed by atoms with van der Waals surface area (Å²) < 4.78 is 23.8. The summed E-state index contributed by atoms with van der Waals surface area (Å²) in [5.41, 5.74) is -0.274. The van der Waals surface area contributed by atoms with E-state index in [-0.39, 0.29) is 11.4 Å². The Hall–Kier alpha value is -1.76. The van der Waals surface area contributed by atoms with Crippen LogP contribution in [0.4, 0.5) is 8.78 Å². The first kappa shape index (κ1) is 12.3. The molecule has 1 amide bonds. The Morgan fingerprint density at radius 3 is 2.81 bits per heavy atom. The van der Waals surface area contributed by atoms with Gasteiger partial charge >= 0.3 is 0 Å².